The fraction of sp³-hybridized carbons (Fsp3) is 0.133. The van der Waals surface area contributed by atoms with Crippen molar-refractivity contribution in [3.8, 4) is 17.6 Å². The lowest BCUT2D eigenvalue weighted by Crippen LogP contribution is -1.97. The van der Waals surface area contributed by atoms with Gasteiger partial charge in [-0.15, -0.1) is 0 Å². The molecule has 0 unspecified atom stereocenters. The number of aliphatic hydroxyl groups is 1. The first-order valence-corrected chi connectivity index (χ1v) is 6.62. The molecule has 0 aliphatic heterocycles. The predicted molar refractivity (Wildman–Crippen MR) is 78.3 cm³/mol. The monoisotopic (exact) mass is 307 g/mol. The van der Waals surface area contributed by atoms with Crippen LogP contribution in [-0.2, 0) is 0 Å². The van der Waals surface area contributed by atoms with Gasteiger partial charge in [0.15, 0.2) is 0 Å². The minimum absolute atomic E-state index is 0.371. The molecule has 0 spiro atoms. The maximum absolute atomic E-state index is 9.75. The van der Waals surface area contributed by atoms with Crippen LogP contribution in [0.3, 0.4) is 0 Å². The van der Waals surface area contributed by atoms with Crippen molar-refractivity contribution >= 4 is 23.2 Å². The first kappa shape index (κ1) is 14.7. The number of halogens is 2. The number of hydrogen-bond acceptors (Lipinski definition) is 3. The minimum atomic E-state index is -0.726. The quantitative estimate of drug-likeness (QED) is 0.893. The zero-order valence-electron chi connectivity index (χ0n) is 10.6. The zero-order valence-corrected chi connectivity index (χ0v) is 12.1. The second-order valence-corrected chi connectivity index (χ2v) is 5.06. The molecule has 5 heteroatoms. The number of rotatable bonds is 3. The largest absolute Gasteiger partial charge is 0.455 e. The van der Waals surface area contributed by atoms with Crippen molar-refractivity contribution in [3.63, 3.8) is 0 Å². The van der Waals surface area contributed by atoms with Crippen LogP contribution in [0.5, 0.6) is 11.5 Å². The Morgan fingerprint density at radius 1 is 1.15 bits per heavy atom. The van der Waals surface area contributed by atoms with E-state index in [2.05, 4.69) is 0 Å². The van der Waals surface area contributed by atoms with Gasteiger partial charge in [-0.1, -0.05) is 29.3 Å². The Morgan fingerprint density at radius 2 is 1.90 bits per heavy atom. The van der Waals surface area contributed by atoms with Gasteiger partial charge in [0.25, 0.3) is 0 Å². The summed E-state index contributed by atoms with van der Waals surface area (Å²) in [6, 6.07) is 11.7. The molecule has 0 radical (unpaired) electrons. The van der Waals surface area contributed by atoms with Crippen molar-refractivity contribution in [3.05, 3.63) is 57.6 Å². The van der Waals surface area contributed by atoms with E-state index in [0.29, 0.717) is 32.7 Å². The molecule has 0 amide bonds. The topological polar surface area (TPSA) is 53.2 Å². The number of benzene rings is 2. The van der Waals surface area contributed by atoms with E-state index >= 15 is 0 Å². The lowest BCUT2D eigenvalue weighted by atomic mass is 10.1. The predicted octanol–water partition coefficient (Wildman–Crippen LogP) is 4.71. The van der Waals surface area contributed by atoms with Crippen molar-refractivity contribution in [2.75, 3.05) is 0 Å². The third-order valence-electron chi connectivity index (χ3n) is 2.71. The first-order valence-electron chi connectivity index (χ1n) is 5.86. The maximum Gasteiger partial charge on any atom is 0.147 e. The van der Waals surface area contributed by atoms with Crippen molar-refractivity contribution in [2.24, 2.45) is 0 Å². The molecule has 0 aliphatic rings. The summed E-state index contributed by atoms with van der Waals surface area (Å²) in [5.74, 6) is 0.749. The fourth-order valence-electron chi connectivity index (χ4n) is 1.71. The van der Waals surface area contributed by atoms with Gasteiger partial charge in [0.1, 0.15) is 11.5 Å². The van der Waals surface area contributed by atoms with Gasteiger partial charge in [0.2, 0.25) is 0 Å². The molecule has 0 heterocycles. The SMILES string of the molecule is C[C@@H](O)c1ccc(C#N)cc1Oc1cc(Cl)ccc1Cl. The summed E-state index contributed by atoms with van der Waals surface area (Å²) in [6.07, 6.45) is -0.726. The number of aliphatic hydroxyl groups excluding tert-OH is 1. The molecule has 0 saturated heterocycles. The summed E-state index contributed by atoms with van der Waals surface area (Å²) in [5, 5.41) is 19.6. The van der Waals surface area contributed by atoms with Crippen LogP contribution in [0.2, 0.25) is 10.0 Å². The van der Waals surface area contributed by atoms with Crippen LogP contribution < -0.4 is 4.74 Å². The molecular formula is C15H11Cl2NO2. The highest BCUT2D eigenvalue weighted by molar-refractivity contribution is 6.34. The molecule has 2 aromatic rings. The summed E-state index contributed by atoms with van der Waals surface area (Å²) < 4.78 is 5.70. The molecule has 1 atom stereocenters. The molecular weight excluding hydrogens is 297 g/mol. The fourth-order valence-corrected chi connectivity index (χ4v) is 2.03. The lowest BCUT2D eigenvalue weighted by molar-refractivity contribution is 0.195. The van der Waals surface area contributed by atoms with E-state index in [4.69, 9.17) is 33.2 Å². The highest BCUT2D eigenvalue weighted by atomic mass is 35.5. The van der Waals surface area contributed by atoms with Crippen LogP contribution in [-0.4, -0.2) is 5.11 Å². The highest BCUT2D eigenvalue weighted by Gasteiger charge is 2.13. The van der Waals surface area contributed by atoms with Crippen LogP contribution in [0, 0.1) is 11.3 Å². The number of nitriles is 1. The molecule has 2 aromatic carbocycles. The Labute approximate surface area is 126 Å². The summed E-state index contributed by atoms with van der Waals surface area (Å²) in [6.45, 7) is 1.62. The standard InChI is InChI=1S/C15H11Cl2NO2/c1-9(19)12-4-2-10(8-18)6-14(12)20-15-7-11(16)3-5-13(15)17/h2-7,9,19H,1H3/t9-/m1/s1. The van der Waals surface area contributed by atoms with Crippen LogP contribution in [0.1, 0.15) is 24.2 Å². The Balaban J connectivity index is 2.46. The molecule has 3 nitrogen and oxygen atoms in total. The molecule has 20 heavy (non-hydrogen) atoms. The first-order chi connectivity index (χ1) is 9.51. The second kappa shape index (κ2) is 6.15. The van der Waals surface area contributed by atoms with E-state index in [9.17, 15) is 5.11 Å². The van der Waals surface area contributed by atoms with Crippen LogP contribution >= 0.6 is 23.2 Å². The third kappa shape index (κ3) is 3.23. The minimum Gasteiger partial charge on any atom is -0.455 e. The van der Waals surface area contributed by atoms with Gasteiger partial charge in [-0.2, -0.15) is 5.26 Å². The molecule has 102 valence electrons. The summed E-state index contributed by atoms with van der Waals surface area (Å²) in [7, 11) is 0. The smallest absolute Gasteiger partial charge is 0.147 e. The van der Waals surface area contributed by atoms with Crippen LogP contribution in [0.25, 0.3) is 0 Å². The van der Waals surface area contributed by atoms with Gasteiger partial charge >= 0.3 is 0 Å². The molecule has 0 aromatic heterocycles. The van der Waals surface area contributed by atoms with Crippen LogP contribution in [0.4, 0.5) is 0 Å². The van der Waals surface area contributed by atoms with E-state index < -0.39 is 6.10 Å². The summed E-state index contributed by atoms with van der Waals surface area (Å²) in [4.78, 5) is 0. The lowest BCUT2D eigenvalue weighted by Gasteiger charge is -2.14. The average Bonchev–Trinajstić information content (AvgIpc) is 2.42. The average molecular weight is 308 g/mol. The number of nitrogens with zero attached hydrogens (tertiary/aromatic N) is 1. The van der Waals surface area contributed by atoms with E-state index in [1.54, 1.807) is 43.3 Å². The molecule has 0 saturated carbocycles. The summed E-state index contributed by atoms with van der Waals surface area (Å²) >= 11 is 11.9. The van der Waals surface area contributed by atoms with Crippen LogP contribution in [0.15, 0.2) is 36.4 Å². The van der Waals surface area contributed by atoms with Gasteiger partial charge in [-0.05, 0) is 31.2 Å². The van der Waals surface area contributed by atoms with Gasteiger partial charge < -0.3 is 9.84 Å². The van der Waals surface area contributed by atoms with Crippen molar-refractivity contribution in [1.29, 1.82) is 5.26 Å². The highest BCUT2D eigenvalue weighted by Crippen LogP contribution is 2.35. The van der Waals surface area contributed by atoms with Crippen molar-refractivity contribution in [1.82, 2.24) is 0 Å². The van der Waals surface area contributed by atoms with E-state index in [-0.39, 0.29) is 0 Å². The Hall–Kier alpha value is -1.73. The van der Waals surface area contributed by atoms with Gasteiger partial charge in [-0.3, -0.25) is 0 Å². The molecule has 0 fully saturated rings. The Morgan fingerprint density at radius 3 is 2.55 bits per heavy atom. The number of hydrogen-bond donors (Lipinski definition) is 1. The van der Waals surface area contributed by atoms with E-state index in [1.165, 1.54) is 0 Å². The normalized spacial score (nSPS) is 11.8. The van der Waals surface area contributed by atoms with Gasteiger partial charge in [0.05, 0.1) is 22.8 Å². The van der Waals surface area contributed by atoms with Gasteiger partial charge in [-0.25, -0.2) is 0 Å². The molecule has 2 rings (SSSR count). The summed E-state index contributed by atoms with van der Waals surface area (Å²) in [5.41, 5.74) is 1.00. The second-order valence-electron chi connectivity index (χ2n) is 4.22. The molecule has 1 N–H and O–H groups in total. The molecule has 0 aliphatic carbocycles. The number of ether oxygens (including phenoxy) is 1. The maximum atomic E-state index is 9.75. The van der Waals surface area contributed by atoms with Crippen molar-refractivity contribution in [2.45, 2.75) is 13.0 Å². The molecule has 0 bridgehead atoms. The van der Waals surface area contributed by atoms with E-state index in [1.807, 2.05) is 6.07 Å². The Bertz CT molecular complexity index is 678. The Kier molecular flexibility index (Phi) is 4.51. The van der Waals surface area contributed by atoms with E-state index in [0.717, 1.165) is 0 Å². The third-order valence-corrected chi connectivity index (χ3v) is 3.25. The zero-order chi connectivity index (χ0) is 14.7. The van der Waals surface area contributed by atoms with Crippen molar-refractivity contribution < 1.29 is 9.84 Å². The van der Waals surface area contributed by atoms with Gasteiger partial charge in [0, 0.05) is 16.7 Å².